The number of carbonyl (C=O) groups excluding carboxylic acids is 1. The molecule has 1 N–H and O–H groups in total. The third-order valence-electron chi connectivity index (χ3n) is 3.96. The second-order valence-electron chi connectivity index (χ2n) is 5.96. The van der Waals surface area contributed by atoms with Crippen LogP contribution < -0.4 is 9.03 Å². The van der Waals surface area contributed by atoms with Gasteiger partial charge in [-0.3, -0.25) is 9.78 Å². The van der Waals surface area contributed by atoms with E-state index in [0.717, 1.165) is 9.87 Å². The molecule has 1 amide bonds. The zero-order chi connectivity index (χ0) is 18.9. The normalized spacial score (nSPS) is 19.7. The van der Waals surface area contributed by atoms with Crippen LogP contribution in [0.25, 0.3) is 0 Å². The molecule has 1 saturated heterocycles. The van der Waals surface area contributed by atoms with E-state index in [9.17, 15) is 21.6 Å². The van der Waals surface area contributed by atoms with Crippen molar-refractivity contribution in [2.45, 2.75) is 18.4 Å². The molecule has 0 saturated carbocycles. The van der Waals surface area contributed by atoms with Crippen LogP contribution in [0.15, 0.2) is 53.7 Å². The van der Waals surface area contributed by atoms with Crippen molar-refractivity contribution in [3.05, 3.63) is 54.4 Å². The Morgan fingerprint density at radius 1 is 1.15 bits per heavy atom. The van der Waals surface area contributed by atoms with Crippen molar-refractivity contribution in [1.29, 1.82) is 0 Å². The lowest BCUT2D eigenvalue weighted by molar-refractivity contribution is -0.119. The van der Waals surface area contributed by atoms with Crippen LogP contribution in [0.5, 0.6) is 0 Å². The number of anilines is 1. The Bertz CT molecular complexity index is 1020. The molecule has 1 atom stereocenters. The van der Waals surface area contributed by atoms with Gasteiger partial charge in [-0.05, 0) is 42.0 Å². The number of carbonyl (C=O) groups is 1. The molecular formula is C16H17N3O5S2. The number of nitrogens with one attached hydrogen (secondary N) is 1. The molecule has 1 aromatic heterocycles. The van der Waals surface area contributed by atoms with Crippen molar-refractivity contribution in [2.75, 3.05) is 10.1 Å². The predicted molar refractivity (Wildman–Crippen MR) is 95.1 cm³/mol. The molecule has 1 aliphatic rings. The maximum atomic E-state index is 12.4. The van der Waals surface area contributed by atoms with Gasteiger partial charge in [0.1, 0.15) is 0 Å². The molecule has 1 aromatic carbocycles. The molecule has 0 spiro atoms. The van der Waals surface area contributed by atoms with Gasteiger partial charge in [-0.1, -0.05) is 6.92 Å². The third-order valence-corrected chi connectivity index (χ3v) is 7.24. The van der Waals surface area contributed by atoms with E-state index in [1.165, 1.54) is 24.3 Å². The number of hydrogen-bond donors (Lipinski definition) is 1. The van der Waals surface area contributed by atoms with E-state index in [-0.39, 0.29) is 22.9 Å². The SMILES string of the molecule is C[C@@H]1CS(=O)(=O)N(c2ccc(S(=O)(=O)NCc3ccncc3)cc2)C1=O. The standard InChI is InChI=1S/C16H17N3O5S2/c1-12-11-25(21,22)19(16(12)20)14-2-4-15(5-3-14)26(23,24)18-10-13-6-8-17-9-7-13/h2-9,12,18H,10-11H2,1H3/t12-/m1/s1. The number of hydrogen-bond acceptors (Lipinski definition) is 6. The van der Waals surface area contributed by atoms with Crippen LogP contribution in [0.2, 0.25) is 0 Å². The first-order valence-electron chi connectivity index (χ1n) is 7.76. The van der Waals surface area contributed by atoms with Gasteiger partial charge in [0, 0.05) is 18.9 Å². The molecule has 1 fully saturated rings. The van der Waals surface area contributed by atoms with Crippen LogP contribution >= 0.6 is 0 Å². The number of amides is 1. The minimum Gasteiger partial charge on any atom is -0.273 e. The topological polar surface area (TPSA) is 114 Å². The highest BCUT2D eigenvalue weighted by molar-refractivity contribution is 7.94. The van der Waals surface area contributed by atoms with Crippen LogP contribution in [-0.4, -0.2) is 33.5 Å². The summed E-state index contributed by atoms with van der Waals surface area (Å²) in [7, 11) is -7.50. The fourth-order valence-electron chi connectivity index (χ4n) is 2.61. The Morgan fingerprint density at radius 3 is 2.31 bits per heavy atom. The lowest BCUT2D eigenvalue weighted by Crippen LogP contribution is -2.30. The summed E-state index contributed by atoms with van der Waals surface area (Å²) < 4.78 is 52.1. The van der Waals surface area contributed by atoms with E-state index in [1.54, 1.807) is 31.5 Å². The van der Waals surface area contributed by atoms with Crippen LogP contribution in [0.1, 0.15) is 12.5 Å². The minimum absolute atomic E-state index is 0.0209. The summed E-state index contributed by atoms with van der Waals surface area (Å²) in [6.07, 6.45) is 3.12. The van der Waals surface area contributed by atoms with E-state index in [0.29, 0.717) is 0 Å². The maximum Gasteiger partial charge on any atom is 0.244 e. The van der Waals surface area contributed by atoms with Crippen LogP contribution in [0.4, 0.5) is 5.69 Å². The largest absolute Gasteiger partial charge is 0.273 e. The van der Waals surface area contributed by atoms with Gasteiger partial charge in [0.2, 0.25) is 26.0 Å². The van der Waals surface area contributed by atoms with Gasteiger partial charge in [-0.2, -0.15) is 0 Å². The van der Waals surface area contributed by atoms with Crippen LogP contribution in [-0.2, 0) is 31.4 Å². The molecule has 26 heavy (non-hydrogen) atoms. The van der Waals surface area contributed by atoms with E-state index in [2.05, 4.69) is 9.71 Å². The molecule has 0 aliphatic carbocycles. The summed E-state index contributed by atoms with van der Waals surface area (Å²) in [5.41, 5.74) is 0.885. The summed E-state index contributed by atoms with van der Waals surface area (Å²) in [4.78, 5) is 15.9. The van der Waals surface area contributed by atoms with E-state index in [1.807, 2.05) is 0 Å². The molecular weight excluding hydrogens is 378 g/mol. The lowest BCUT2D eigenvalue weighted by atomic mass is 10.2. The van der Waals surface area contributed by atoms with Gasteiger partial charge in [-0.15, -0.1) is 0 Å². The molecule has 0 bridgehead atoms. The number of aromatic nitrogens is 1. The van der Waals surface area contributed by atoms with Crippen molar-refractivity contribution in [2.24, 2.45) is 5.92 Å². The van der Waals surface area contributed by atoms with Gasteiger partial charge >= 0.3 is 0 Å². The third kappa shape index (κ3) is 3.62. The molecule has 3 rings (SSSR count). The zero-order valence-electron chi connectivity index (χ0n) is 13.9. The van der Waals surface area contributed by atoms with E-state index in [4.69, 9.17) is 0 Å². The van der Waals surface area contributed by atoms with Gasteiger partial charge in [0.25, 0.3) is 0 Å². The van der Waals surface area contributed by atoms with Crippen molar-refractivity contribution in [3.63, 3.8) is 0 Å². The maximum absolute atomic E-state index is 12.4. The molecule has 138 valence electrons. The molecule has 0 unspecified atom stereocenters. The number of nitrogens with zero attached hydrogens (tertiary/aromatic N) is 2. The van der Waals surface area contributed by atoms with Gasteiger partial charge in [0.15, 0.2) is 0 Å². The summed E-state index contributed by atoms with van der Waals surface area (Å²) >= 11 is 0. The van der Waals surface area contributed by atoms with Gasteiger partial charge in [-0.25, -0.2) is 25.9 Å². The number of benzene rings is 1. The van der Waals surface area contributed by atoms with Crippen molar-refractivity contribution in [3.8, 4) is 0 Å². The highest BCUT2D eigenvalue weighted by Crippen LogP contribution is 2.28. The first-order valence-corrected chi connectivity index (χ1v) is 10.9. The van der Waals surface area contributed by atoms with Crippen molar-refractivity contribution < 1.29 is 21.6 Å². The highest BCUT2D eigenvalue weighted by atomic mass is 32.2. The first kappa shape index (κ1) is 18.5. The fraction of sp³-hybridized carbons (Fsp3) is 0.250. The van der Waals surface area contributed by atoms with Crippen LogP contribution in [0.3, 0.4) is 0 Å². The van der Waals surface area contributed by atoms with Gasteiger partial charge < -0.3 is 0 Å². The summed E-state index contributed by atoms with van der Waals surface area (Å²) in [6, 6.07) is 8.56. The van der Waals surface area contributed by atoms with Crippen molar-refractivity contribution in [1.82, 2.24) is 9.71 Å². The molecule has 0 radical (unpaired) electrons. The molecule has 8 nitrogen and oxygen atoms in total. The second kappa shape index (κ2) is 6.78. The number of pyridine rings is 1. The Balaban J connectivity index is 1.80. The monoisotopic (exact) mass is 395 g/mol. The molecule has 2 aromatic rings. The summed E-state index contributed by atoms with van der Waals surface area (Å²) in [5.74, 6) is -1.39. The minimum atomic E-state index is -3.78. The predicted octanol–water partition coefficient (Wildman–Crippen LogP) is 0.873. The fourth-order valence-corrected chi connectivity index (χ4v) is 5.45. The summed E-state index contributed by atoms with van der Waals surface area (Å²) in [6.45, 7) is 1.64. The van der Waals surface area contributed by atoms with E-state index >= 15 is 0 Å². The number of sulfonamides is 2. The Labute approximate surface area is 152 Å². The average molecular weight is 395 g/mol. The first-order chi connectivity index (χ1) is 12.2. The molecule has 2 heterocycles. The smallest absolute Gasteiger partial charge is 0.244 e. The highest BCUT2D eigenvalue weighted by Gasteiger charge is 2.41. The quantitative estimate of drug-likeness (QED) is 0.804. The van der Waals surface area contributed by atoms with Crippen molar-refractivity contribution >= 4 is 31.6 Å². The molecule has 10 heteroatoms. The van der Waals surface area contributed by atoms with Crippen LogP contribution in [0, 0.1) is 5.92 Å². The van der Waals surface area contributed by atoms with E-state index < -0.39 is 31.9 Å². The summed E-state index contributed by atoms with van der Waals surface area (Å²) in [5, 5.41) is 0. The molecule has 1 aliphatic heterocycles. The Morgan fingerprint density at radius 2 is 1.77 bits per heavy atom. The lowest BCUT2D eigenvalue weighted by Gasteiger charge is -2.15. The Kier molecular flexibility index (Phi) is 4.82. The Hall–Kier alpha value is -2.30. The zero-order valence-corrected chi connectivity index (χ0v) is 15.5. The van der Waals surface area contributed by atoms with Gasteiger partial charge in [0.05, 0.1) is 22.3 Å². The number of rotatable bonds is 5. The second-order valence-corrected chi connectivity index (χ2v) is 9.59. The average Bonchev–Trinajstić information content (AvgIpc) is 2.81.